The van der Waals surface area contributed by atoms with Crippen LogP contribution in [0.1, 0.15) is 44.5 Å². The van der Waals surface area contributed by atoms with E-state index in [4.69, 9.17) is 0 Å². The lowest BCUT2D eigenvalue weighted by molar-refractivity contribution is 0.793. The highest BCUT2D eigenvalue weighted by molar-refractivity contribution is 6.04. The number of benzene rings is 24. The van der Waals surface area contributed by atoms with Crippen molar-refractivity contribution in [1.29, 1.82) is 0 Å². The fourth-order valence-corrected chi connectivity index (χ4v) is 24.5. The van der Waals surface area contributed by atoms with E-state index in [1.807, 2.05) is 0 Å². The molecule has 0 radical (unpaired) electrons. The van der Waals surface area contributed by atoms with Gasteiger partial charge in [-0.15, -0.1) is 0 Å². The smallest absolute Gasteiger partial charge is 0.0725 e. The van der Waals surface area contributed by atoms with E-state index >= 15 is 0 Å². The molecular formula is C146H100N4. The first-order chi connectivity index (χ1) is 74.4. The Hall–Kier alpha value is -19.5. The topological polar surface area (TPSA) is 13.0 Å². The first-order valence-electron chi connectivity index (χ1n) is 51.8. The molecular weight excluding hydrogens is 1810 g/mol. The molecule has 704 valence electrons. The second kappa shape index (κ2) is 38.2. The molecule has 24 aromatic carbocycles. The molecule has 4 aliphatic rings. The molecule has 28 rings (SSSR count). The van der Waals surface area contributed by atoms with Crippen molar-refractivity contribution in [3.8, 4) is 134 Å². The Morgan fingerprint density at radius 1 is 0.0933 bits per heavy atom. The van der Waals surface area contributed by atoms with E-state index in [1.165, 1.54) is 178 Å². The third-order valence-electron chi connectivity index (χ3n) is 30.9. The average Bonchev–Trinajstić information content (AvgIpc) is 1.51. The second-order valence-corrected chi connectivity index (χ2v) is 39.1. The zero-order valence-corrected chi connectivity index (χ0v) is 82.5. The van der Waals surface area contributed by atoms with Crippen LogP contribution in [0.3, 0.4) is 0 Å². The normalized spacial score (nSPS) is 12.4. The fourth-order valence-electron chi connectivity index (χ4n) is 24.5. The number of hydrogen-bond donors (Lipinski definition) is 0. The van der Waals surface area contributed by atoms with Crippen LogP contribution in [0.4, 0.5) is 68.2 Å². The summed E-state index contributed by atoms with van der Waals surface area (Å²) >= 11 is 0. The molecule has 0 aliphatic heterocycles. The molecule has 0 unspecified atom stereocenters. The van der Waals surface area contributed by atoms with E-state index in [1.54, 1.807) is 0 Å². The van der Waals surface area contributed by atoms with Gasteiger partial charge >= 0.3 is 0 Å². The van der Waals surface area contributed by atoms with Crippen molar-refractivity contribution in [1.82, 2.24) is 0 Å². The third-order valence-corrected chi connectivity index (χ3v) is 30.9. The molecule has 4 aliphatic carbocycles. The summed E-state index contributed by atoms with van der Waals surface area (Å²) in [5.74, 6) is 0. The molecule has 0 amide bonds. The molecule has 24 aromatic rings. The van der Waals surface area contributed by atoms with Crippen molar-refractivity contribution < 1.29 is 0 Å². The van der Waals surface area contributed by atoms with Crippen molar-refractivity contribution in [2.24, 2.45) is 0 Å². The van der Waals surface area contributed by atoms with Gasteiger partial charge in [-0.25, -0.2) is 0 Å². The van der Waals surface area contributed by atoms with Crippen LogP contribution in [-0.4, -0.2) is 0 Å². The van der Waals surface area contributed by atoms with Crippen molar-refractivity contribution >= 4 is 68.2 Å². The lowest BCUT2D eigenvalue weighted by atomic mass is 9.70. The van der Waals surface area contributed by atoms with E-state index in [2.05, 4.69) is 626 Å². The van der Waals surface area contributed by atoms with Gasteiger partial charge < -0.3 is 19.6 Å². The Balaban J connectivity index is 0.000000148. The van der Waals surface area contributed by atoms with E-state index in [9.17, 15) is 0 Å². The van der Waals surface area contributed by atoms with Crippen LogP contribution in [0.2, 0.25) is 0 Å². The molecule has 0 aromatic heterocycles. The molecule has 150 heavy (non-hydrogen) atoms. The maximum atomic E-state index is 2.48. The summed E-state index contributed by atoms with van der Waals surface area (Å²) in [4.78, 5) is 9.83. The summed E-state index contributed by atoms with van der Waals surface area (Å²) in [7, 11) is 0. The Morgan fingerprint density at radius 3 is 0.473 bits per heavy atom. The third kappa shape index (κ3) is 15.4. The Labute approximate surface area is 876 Å². The summed E-state index contributed by atoms with van der Waals surface area (Å²) in [6, 6.07) is 223. The highest BCUT2D eigenvalue weighted by atomic mass is 15.2. The predicted octanol–water partition coefficient (Wildman–Crippen LogP) is 39.3. The number of rotatable bonds is 20. The Morgan fingerprint density at radius 2 is 0.253 bits per heavy atom. The maximum absolute atomic E-state index is 2.48. The van der Waals surface area contributed by atoms with Gasteiger partial charge in [0.25, 0.3) is 0 Å². The van der Waals surface area contributed by atoms with Gasteiger partial charge in [-0.3, -0.25) is 0 Å². The van der Waals surface area contributed by atoms with Gasteiger partial charge in [-0.2, -0.15) is 0 Å². The first kappa shape index (κ1) is 89.3. The zero-order chi connectivity index (χ0) is 99.4. The fraction of sp³-hybridized carbons (Fsp3) is 0.0137. The molecule has 0 bridgehead atoms. The summed E-state index contributed by atoms with van der Waals surface area (Å²) < 4.78 is 0. The van der Waals surface area contributed by atoms with Gasteiger partial charge in [0.05, 0.1) is 33.6 Å². The van der Waals surface area contributed by atoms with Crippen LogP contribution in [0.15, 0.2) is 607 Å². The molecule has 4 heteroatoms. The average molecular weight is 1910 g/mol. The maximum Gasteiger partial charge on any atom is 0.0725 e. The van der Waals surface area contributed by atoms with Crippen molar-refractivity contribution in [2.75, 3.05) is 19.6 Å². The Bertz CT molecular complexity index is 8340. The summed E-state index contributed by atoms with van der Waals surface area (Å²) in [6.07, 6.45) is 0. The van der Waals surface area contributed by atoms with Crippen molar-refractivity contribution in [3.05, 3.63) is 651 Å². The molecule has 0 heterocycles. The van der Waals surface area contributed by atoms with Crippen LogP contribution < -0.4 is 19.6 Å². The zero-order valence-electron chi connectivity index (χ0n) is 82.5. The number of fused-ring (bicyclic) bond motifs is 20. The standard InChI is InChI=1S/2C73H50N2/c1-5-25-51(26-6-1)57-33-15-21-41-69(57)74(70-42-22-16-34-58(70)52-27-7-2-8-28-52)55-45-47-67-63(49-55)61-37-13-19-39-65(61)73(67)66-40-20-14-38-62(66)64-50-56(46-48-68(64)73)75(71-43-23-17-35-59(71)53-29-9-3-10-30-53)72-44-24-18-36-60(72)54-31-11-4-12-32-54;1-5-21-51(22-6-1)55-29-17-33-59(45-55)74(60-34-18-30-56(46-60)52-23-7-2-8-24-52)63-41-43-71-67(49-63)65-37-13-15-39-69(65)73(71)70-40-16-14-38-66(70)68-50-64(42-44-72(68)73)75(61-35-19-31-57(47-61)53-25-9-3-10-26-53)62-36-20-32-58(48-62)54-27-11-4-12-28-54/h2*1-50H. The molecule has 0 saturated carbocycles. The van der Waals surface area contributed by atoms with Crippen molar-refractivity contribution in [2.45, 2.75) is 10.8 Å². The molecule has 0 saturated heterocycles. The highest BCUT2D eigenvalue weighted by Gasteiger charge is 2.54. The predicted molar refractivity (Wildman–Crippen MR) is 628 cm³/mol. The number of para-hydroxylation sites is 4. The monoisotopic (exact) mass is 1910 g/mol. The van der Waals surface area contributed by atoms with Crippen LogP contribution >= 0.6 is 0 Å². The van der Waals surface area contributed by atoms with Gasteiger partial charge in [-0.05, 0) is 277 Å². The second-order valence-electron chi connectivity index (χ2n) is 39.1. The molecule has 0 atom stereocenters. The lowest BCUT2D eigenvalue weighted by Gasteiger charge is -2.33. The SMILES string of the molecule is c1ccc(-c2cccc(N(c3cccc(-c4ccccc4)c3)c3ccc4c(c3)-c3ccccc3C43c4ccccc4-c4cc(N(c5cccc(-c6ccccc6)c5)c5cccc(-c6ccccc6)c5)ccc43)c2)cc1.c1ccc(-c2ccccc2N(c2ccc3c(c2)-c2ccccc2C32c3ccccc3-c3cc(N(c4ccccc4-c4ccccc4)c4ccccc4-c4ccccc4)ccc32)c2ccccc2-c2ccccc2)cc1. The first-order valence-corrected chi connectivity index (χ1v) is 51.8. The van der Waals surface area contributed by atoms with Gasteiger partial charge in [0, 0.05) is 67.8 Å². The van der Waals surface area contributed by atoms with Crippen LogP contribution in [0.25, 0.3) is 134 Å². The Kier molecular flexibility index (Phi) is 22.8. The molecule has 2 spiro atoms. The summed E-state index contributed by atoms with van der Waals surface area (Å²) in [6.45, 7) is 0. The van der Waals surface area contributed by atoms with Gasteiger partial charge in [0.2, 0.25) is 0 Å². The minimum Gasteiger partial charge on any atom is -0.310 e. The minimum atomic E-state index is -0.557. The van der Waals surface area contributed by atoms with Crippen molar-refractivity contribution in [3.63, 3.8) is 0 Å². The van der Waals surface area contributed by atoms with E-state index in [-0.39, 0.29) is 0 Å². The van der Waals surface area contributed by atoms with E-state index < -0.39 is 10.8 Å². The van der Waals surface area contributed by atoms with Gasteiger partial charge in [0.1, 0.15) is 0 Å². The number of nitrogens with zero attached hydrogens (tertiary/aromatic N) is 4. The van der Waals surface area contributed by atoms with Gasteiger partial charge in [-0.1, -0.05) is 485 Å². The van der Waals surface area contributed by atoms with Crippen LogP contribution in [-0.2, 0) is 10.8 Å². The summed E-state index contributed by atoms with van der Waals surface area (Å²) in [5, 5.41) is 0. The lowest BCUT2D eigenvalue weighted by Crippen LogP contribution is -2.26. The molecule has 0 fully saturated rings. The number of anilines is 12. The van der Waals surface area contributed by atoms with Gasteiger partial charge in [0.15, 0.2) is 0 Å². The molecule has 4 nitrogen and oxygen atoms in total. The van der Waals surface area contributed by atoms with E-state index in [0.29, 0.717) is 0 Å². The molecule has 0 N–H and O–H groups in total. The van der Waals surface area contributed by atoms with Crippen LogP contribution in [0, 0.1) is 0 Å². The largest absolute Gasteiger partial charge is 0.310 e. The summed E-state index contributed by atoms with van der Waals surface area (Å²) in [5.41, 5.74) is 51.3. The quantitative estimate of drug-likeness (QED) is 0.0754. The minimum absolute atomic E-state index is 0.536. The van der Waals surface area contributed by atoms with Crippen LogP contribution in [0.5, 0.6) is 0 Å². The number of hydrogen-bond acceptors (Lipinski definition) is 4. The highest BCUT2D eigenvalue weighted by Crippen LogP contribution is 2.67. The van der Waals surface area contributed by atoms with E-state index in [0.717, 1.165) is 68.2 Å².